The van der Waals surface area contributed by atoms with Crippen molar-refractivity contribution in [1.82, 2.24) is 14.5 Å². The second-order valence-corrected chi connectivity index (χ2v) is 5.36. The van der Waals surface area contributed by atoms with Gasteiger partial charge < -0.3 is 5.32 Å². The van der Waals surface area contributed by atoms with Gasteiger partial charge in [-0.05, 0) is 32.7 Å². The van der Waals surface area contributed by atoms with E-state index in [4.69, 9.17) is 0 Å². The molecule has 2 rings (SSSR count). The number of hydrogen-bond donors (Lipinski definition) is 1. The molecule has 2 aromatic rings. The largest absolute Gasteiger partial charge is 0.354 e. The van der Waals surface area contributed by atoms with E-state index in [0.29, 0.717) is 5.95 Å². The van der Waals surface area contributed by atoms with Gasteiger partial charge in [0.15, 0.2) is 7.28 Å². The van der Waals surface area contributed by atoms with E-state index in [-0.39, 0.29) is 11.6 Å². The molecular weight excluding hydrogens is 263 g/mol. The number of fused-ring (bicyclic) bond motifs is 1. The van der Waals surface area contributed by atoms with Crippen molar-refractivity contribution >= 4 is 29.7 Å². The van der Waals surface area contributed by atoms with Crippen LogP contribution >= 0.6 is 0 Å². The molecule has 1 atom stereocenters. The summed E-state index contributed by atoms with van der Waals surface area (Å²) in [6, 6.07) is 2.07. The molecule has 112 valence electrons. The van der Waals surface area contributed by atoms with Gasteiger partial charge in [-0.2, -0.15) is 4.98 Å². The van der Waals surface area contributed by atoms with Crippen molar-refractivity contribution in [2.75, 3.05) is 11.9 Å². The molecule has 0 saturated heterocycles. The number of aromatic nitrogens is 3. The zero-order valence-electron chi connectivity index (χ0n) is 13.5. The fourth-order valence-corrected chi connectivity index (χ4v) is 2.49. The maximum Gasteiger partial charge on any atom is 0.246 e. The summed E-state index contributed by atoms with van der Waals surface area (Å²) in [6.45, 7) is 10.9. The van der Waals surface area contributed by atoms with Crippen LogP contribution in [-0.2, 0) is 0 Å². The van der Waals surface area contributed by atoms with Crippen molar-refractivity contribution in [2.45, 2.75) is 47.0 Å². The van der Waals surface area contributed by atoms with Gasteiger partial charge in [0.05, 0.1) is 5.69 Å². The number of pyridine rings is 1. The van der Waals surface area contributed by atoms with Crippen molar-refractivity contribution in [3.63, 3.8) is 0 Å². The molecule has 0 saturated carbocycles. The van der Waals surface area contributed by atoms with Gasteiger partial charge in [0.25, 0.3) is 0 Å². The molecule has 0 spiro atoms. The molecule has 6 heteroatoms. The Morgan fingerprint density at radius 3 is 2.67 bits per heavy atom. The predicted molar refractivity (Wildman–Crippen MR) is 90.3 cm³/mol. The van der Waals surface area contributed by atoms with E-state index in [1.54, 1.807) is 0 Å². The molecule has 0 aromatic carbocycles. The SMILES string of the molecule is CBc1cc2c(C)nc(NCC)nc2n(C(C)CC)c1=O. The third-order valence-corrected chi connectivity index (χ3v) is 3.90. The first kappa shape index (κ1) is 15.5. The number of nitrogens with zero attached hydrogens (tertiary/aromatic N) is 3. The minimum absolute atomic E-state index is 0.0694. The number of hydrogen-bond acceptors (Lipinski definition) is 4. The van der Waals surface area contributed by atoms with Gasteiger partial charge in [-0.25, -0.2) is 4.98 Å². The highest BCUT2D eigenvalue weighted by molar-refractivity contribution is 6.52. The summed E-state index contributed by atoms with van der Waals surface area (Å²) in [5.74, 6) is 0.586. The van der Waals surface area contributed by atoms with Crippen LogP contribution in [0.25, 0.3) is 11.0 Å². The molecule has 5 nitrogen and oxygen atoms in total. The molecule has 0 aliphatic heterocycles. The Morgan fingerprint density at radius 1 is 1.38 bits per heavy atom. The highest BCUT2D eigenvalue weighted by atomic mass is 16.1. The topological polar surface area (TPSA) is 59.8 Å². The molecular formula is C15H23BN4O. The fourth-order valence-electron chi connectivity index (χ4n) is 2.49. The Hall–Kier alpha value is -1.85. The first-order valence-corrected chi connectivity index (χ1v) is 7.70. The summed E-state index contributed by atoms with van der Waals surface area (Å²) < 4.78 is 1.82. The zero-order valence-corrected chi connectivity index (χ0v) is 13.5. The first-order chi connectivity index (χ1) is 10.0. The summed E-state index contributed by atoms with van der Waals surface area (Å²) >= 11 is 0. The van der Waals surface area contributed by atoms with Gasteiger partial charge in [0.1, 0.15) is 5.65 Å². The molecule has 0 aliphatic rings. The Kier molecular flexibility index (Phi) is 4.65. The van der Waals surface area contributed by atoms with E-state index in [0.717, 1.165) is 42.4 Å². The lowest BCUT2D eigenvalue weighted by atomic mass is 9.73. The number of rotatable bonds is 5. The maximum atomic E-state index is 12.7. The molecule has 2 heterocycles. The monoisotopic (exact) mass is 286 g/mol. The van der Waals surface area contributed by atoms with Crippen LogP contribution in [0.15, 0.2) is 10.9 Å². The quantitative estimate of drug-likeness (QED) is 0.848. The van der Waals surface area contributed by atoms with Gasteiger partial charge in [0.2, 0.25) is 11.5 Å². The third-order valence-electron chi connectivity index (χ3n) is 3.90. The highest BCUT2D eigenvalue weighted by Gasteiger charge is 2.16. The van der Waals surface area contributed by atoms with Crippen molar-refractivity contribution < 1.29 is 0 Å². The molecule has 1 unspecified atom stereocenters. The number of anilines is 1. The lowest BCUT2D eigenvalue weighted by Crippen LogP contribution is -2.39. The highest BCUT2D eigenvalue weighted by Crippen LogP contribution is 2.19. The first-order valence-electron chi connectivity index (χ1n) is 7.70. The van der Waals surface area contributed by atoms with Gasteiger partial charge >= 0.3 is 0 Å². The predicted octanol–water partition coefficient (Wildman–Crippen LogP) is 1.61. The second-order valence-electron chi connectivity index (χ2n) is 5.36. The van der Waals surface area contributed by atoms with Crippen molar-refractivity contribution in [2.24, 2.45) is 0 Å². The minimum atomic E-state index is 0.0694. The summed E-state index contributed by atoms with van der Waals surface area (Å²) in [5.41, 5.74) is 2.53. The maximum absolute atomic E-state index is 12.7. The van der Waals surface area contributed by atoms with Crippen LogP contribution in [0.3, 0.4) is 0 Å². The van der Waals surface area contributed by atoms with E-state index in [1.807, 2.05) is 31.3 Å². The van der Waals surface area contributed by atoms with Crippen LogP contribution in [-0.4, -0.2) is 28.4 Å². The lowest BCUT2D eigenvalue weighted by Gasteiger charge is -2.18. The molecule has 1 N–H and O–H groups in total. The molecule has 2 aromatic heterocycles. The van der Waals surface area contributed by atoms with Crippen LogP contribution in [0.1, 0.15) is 38.9 Å². The van der Waals surface area contributed by atoms with Gasteiger partial charge in [0, 0.05) is 18.0 Å². The second kappa shape index (κ2) is 6.29. The van der Waals surface area contributed by atoms with Crippen molar-refractivity contribution in [3.05, 3.63) is 22.1 Å². The summed E-state index contributed by atoms with van der Waals surface area (Å²) in [4.78, 5) is 21.7. The Labute approximate surface area is 126 Å². The van der Waals surface area contributed by atoms with E-state index in [1.165, 1.54) is 0 Å². The summed E-state index contributed by atoms with van der Waals surface area (Å²) in [6.07, 6.45) is 0.891. The zero-order chi connectivity index (χ0) is 15.6. The normalized spacial score (nSPS) is 12.4. The number of nitrogens with one attached hydrogen (secondary N) is 1. The minimum Gasteiger partial charge on any atom is -0.354 e. The lowest BCUT2D eigenvalue weighted by molar-refractivity contribution is 0.529. The van der Waals surface area contributed by atoms with Gasteiger partial charge in [-0.15, -0.1) is 0 Å². The van der Waals surface area contributed by atoms with Crippen LogP contribution < -0.4 is 16.3 Å². The Morgan fingerprint density at radius 2 is 2.10 bits per heavy atom. The fraction of sp³-hybridized carbons (Fsp3) is 0.533. The molecule has 0 bridgehead atoms. The standard InChI is InChI=1S/C15H23BN4O/c1-6-9(3)20-13-11(8-12(16-5)14(20)21)10(4)18-15(19-13)17-7-2/h8-9,16H,6-7H2,1-5H3,(H,17,18,19). The third kappa shape index (κ3) is 2.80. The smallest absolute Gasteiger partial charge is 0.246 e. The van der Waals surface area contributed by atoms with E-state index < -0.39 is 0 Å². The summed E-state index contributed by atoms with van der Waals surface area (Å²) in [5, 5.41) is 4.10. The van der Waals surface area contributed by atoms with Crippen LogP contribution in [0.2, 0.25) is 6.82 Å². The van der Waals surface area contributed by atoms with Gasteiger partial charge in [-0.1, -0.05) is 19.8 Å². The van der Waals surface area contributed by atoms with E-state index >= 15 is 0 Å². The molecule has 0 radical (unpaired) electrons. The Balaban J connectivity index is 2.86. The molecule has 0 aliphatic carbocycles. The molecule has 0 amide bonds. The van der Waals surface area contributed by atoms with Gasteiger partial charge in [-0.3, -0.25) is 9.36 Å². The Bertz CT molecular complexity index is 711. The molecule has 0 fully saturated rings. The summed E-state index contributed by atoms with van der Waals surface area (Å²) in [7, 11) is 0.722. The van der Waals surface area contributed by atoms with Crippen LogP contribution in [0.4, 0.5) is 5.95 Å². The average Bonchev–Trinajstić information content (AvgIpc) is 2.46. The van der Waals surface area contributed by atoms with E-state index in [2.05, 4.69) is 29.1 Å². The van der Waals surface area contributed by atoms with Crippen LogP contribution in [0.5, 0.6) is 0 Å². The van der Waals surface area contributed by atoms with Crippen molar-refractivity contribution in [1.29, 1.82) is 0 Å². The van der Waals surface area contributed by atoms with E-state index in [9.17, 15) is 4.79 Å². The van der Waals surface area contributed by atoms with Crippen molar-refractivity contribution in [3.8, 4) is 0 Å². The van der Waals surface area contributed by atoms with Crippen LogP contribution in [0, 0.1) is 6.92 Å². The average molecular weight is 286 g/mol. The molecule has 21 heavy (non-hydrogen) atoms. The number of aryl methyl sites for hydroxylation is 1.